The molecule has 1 unspecified atom stereocenters. The summed E-state index contributed by atoms with van der Waals surface area (Å²) in [5.74, 6) is 0.662. The first-order valence-electron chi connectivity index (χ1n) is 9.56. The van der Waals surface area contributed by atoms with Gasteiger partial charge in [-0.05, 0) is 29.3 Å². The molecule has 0 spiro atoms. The summed E-state index contributed by atoms with van der Waals surface area (Å²) >= 11 is 0. The number of carbonyl (C=O) groups excluding carboxylic acids is 2. The first kappa shape index (κ1) is 20.4. The van der Waals surface area contributed by atoms with Crippen molar-refractivity contribution >= 4 is 11.7 Å². The van der Waals surface area contributed by atoms with Gasteiger partial charge in [-0.3, -0.25) is 9.59 Å². The van der Waals surface area contributed by atoms with Crippen LogP contribution in [0.5, 0.6) is 5.75 Å². The van der Waals surface area contributed by atoms with Crippen molar-refractivity contribution in [1.29, 1.82) is 0 Å². The highest BCUT2D eigenvalue weighted by atomic mass is 16.5. The number of methoxy groups -OCH3 is 1. The highest BCUT2D eigenvalue weighted by Crippen LogP contribution is 2.33. The Hall–Kier alpha value is -3.34. The minimum absolute atomic E-state index is 0.0259. The number of benzene rings is 2. The van der Waals surface area contributed by atoms with E-state index in [1.807, 2.05) is 48.7 Å². The van der Waals surface area contributed by atoms with Crippen LogP contribution in [0.1, 0.15) is 23.6 Å². The van der Waals surface area contributed by atoms with Crippen molar-refractivity contribution in [3.8, 4) is 5.75 Å². The zero-order valence-corrected chi connectivity index (χ0v) is 17.0. The van der Waals surface area contributed by atoms with E-state index in [2.05, 4.69) is 17.0 Å². The molecule has 29 heavy (non-hydrogen) atoms. The number of rotatable bonds is 6. The Morgan fingerprint density at radius 1 is 1.14 bits per heavy atom. The summed E-state index contributed by atoms with van der Waals surface area (Å²) in [4.78, 5) is 28.3. The Labute approximate surface area is 171 Å². The molecule has 1 heterocycles. The molecule has 0 saturated carbocycles. The topological polar surface area (TPSA) is 49.9 Å². The lowest BCUT2D eigenvalue weighted by molar-refractivity contribution is -0.123. The molecular formula is C24H26N2O3. The van der Waals surface area contributed by atoms with Gasteiger partial charge in [0, 0.05) is 44.9 Å². The second kappa shape index (κ2) is 9.24. The van der Waals surface area contributed by atoms with E-state index in [1.165, 1.54) is 11.0 Å². The number of hydrogen-bond acceptors (Lipinski definition) is 4. The number of hydrogen-bond donors (Lipinski definition) is 0. The third kappa shape index (κ3) is 5.13. The van der Waals surface area contributed by atoms with Gasteiger partial charge in [0.2, 0.25) is 5.91 Å². The van der Waals surface area contributed by atoms with Gasteiger partial charge in [-0.25, -0.2) is 0 Å². The van der Waals surface area contributed by atoms with E-state index < -0.39 is 0 Å². The van der Waals surface area contributed by atoms with E-state index >= 15 is 0 Å². The van der Waals surface area contributed by atoms with Crippen molar-refractivity contribution in [2.75, 3.05) is 21.2 Å². The molecule has 0 bridgehead atoms. The predicted molar refractivity (Wildman–Crippen MR) is 113 cm³/mol. The van der Waals surface area contributed by atoms with Gasteiger partial charge in [-0.2, -0.15) is 0 Å². The smallest absolute Gasteiger partial charge is 0.246 e. The summed E-state index contributed by atoms with van der Waals surface area (Å²) in [5.41, 5.74) is 2.75. The van der Waals surface area contributed by atoms with Crippen LogP contribution in [0.2, 0.25) is 0 Å². The number of amides is 1. The minimum Gasteiger partial charge on any atom is -0.497 e. The summed E-state index contributed by atoms with van der Waals surface area (Å²) in [6.45, 7) is 0.670. The fraction of sp³-hybridized carbons (Fsp3) is 0.250. The van der Waals surface area contributed by atoms with E-state index in [0.29, 0.717) is 18.5 Å². The monoisotopic (exact) mass is 390 g/mol. The van der Waals surface area contributed by atoms with Crippen molar-refractivity contribution in [2.45, 2.75) is 19.0 Å². The summed E-state index contributed by atoms with van der Waals surface area (Å²) in [6.07, 6.45) is 5.28. The molecule has 0 saturated heterocycles. The third-order valence-electron chi connectivity index (χ3n) is 4.96. The number of nitrogens with zero attached hydrogens (tertiary/aromatic N) is 2. The third-order valence-corrected chi connectivity index (χ3v) is 4.96. The summed E-state index contributed by atoms with van der Waals surface area (Å²) < 4.78 is 5.25. The van der Waals surface area contributed by atoms with Gasteiger partial charge < -0.3 is 14.5 Å². The van der Waals surface area contributed by atoms with E-state index in [1.54, 1.807) is 27.3 Å². The maximum Gasteiger partial charge on any atom is 0.246 e. The first-order valence-corrected chi connectivity index (χ1v) is 9.56. The molecule has 0 aromatic heterocycles. The van der Waals surface area contributed by atoms with Crippen LogP contribution in [0.3, 0.4) is 0 Å². The molecule has 3 rings (SSSR count). The van der Waals surface area contributed by atoms with E-state index in [9.17, 15) is 9.59 Å². The van der Waals surface area contributed by atoms with Crippen LogP contribution in [0, 0.1) is 0 Å². The normalized spacial score (nSPS) is 16.7. The highest BCUT2D eigenvalue weighted by molar-refractivity contribution is 6.00. The second-order valence-corrected chi connectivity index (χ2v) is 7.22. The molecule has 0 aliphatic carbocycles. The van der Waals surface area contributed by atoms with Crippen LogP contribution in [-0.2, 0) is 16.1 Å². The number of Topliss-reactive ketones (excluding diaryl/α,β-unsaturated/α-hetero) is 1. The fourth-order valence-corrected chi connectivity index (χ4v) is 3.28. The molecule has 1 amide bonds. The largest absolute Gasteiger partial charge is 0.497 e. The molecule has 5 heteroatoms. The second-order valence-electron chi connectivity index (χ2n) is 7.22. The molecule has 2 aromatic rings. The van der Waals surface area contributed by atoms with Crippen molar-refractivity contribution in [3.05, 3.63) is 89.6 Å². The SMILES string of the molecule is COc1ccc(C2CC(=O)C(/C=C/C(=O)N(C)C)=CN2Cc2ccccc2)cc1. The molecule has 0 fully saturated rings. The molecular weight excluding hydrogens is 364 g/mol. The lowest BCUT2D eigenvalue weighted by atomic mass is 9.92. The van der Waals surface area contributed by atoms with Crippen LogP contribution in [0.4, 0.5) is 0 Å². The molecule has 0 radical (unpaired) electrons. The Bertz CT molecular complexity index is 915. The number of ketones is 1. The Morgan fingerprint density at radius 2 is 1.83 bits per heavy atom. The average Bonchev–Trinajstić information content (AvgIpc) is 2.74. The summed E-state index contributed by atoms with van der Waals surface area (Å²) in [6, 6.07) is 17.9. The van der Waals surface area contributed by atoms with Crippen LogP contribution < -0.4 is 4.74 Å². The van der Waals surface area contributed by atoms with Gasteiger partial charge in [0.15, 0.2) is 5.78 Å². The highest BCUT2D eigenvalue weighted by Gasteiger charge is 2.28. The quantitative estimate of drug-likeness (QED) is 0.705. The predicted octanol–water partition coefficient (Wildman–Crippen LogP) is 3.74. The molecule has 1 atom stereocenters. The van der Waals surface area contributed by atoms with Crippen molar-refractivity contribution < 1.29 is 14.3 Å². The molecule has 2 aromatic carbocycles. The molecule has 150 valence electrons. The maximum absolute atomic E-state index is 12.8. The van der Waals surface area contributed by atoms with Gasteiger partial charge in [0.25, 0.3) is 0 Å². The zero-order chi connectivity index (χ0) is 20.8. The number of allylic oxidation sites excluding steroid dienone is 2. The number of ether oxygens (including phenoxy) is 1. The van der Waals surface area contributed by atoms with Crippen LogP contribution in [0.25, 0.3) is 0 Å². The van der Waals surface area contributed by atoms with Gasteiger partial charge in [0.05, 0.1) is 13.2 Å². The summed E-state index contributed by atoms with van der Waals surface area (Å²) in [5, 5.41) is 0. The standard InChI is InChI=1S/C24H26N2O3/c1-25(2)24(28)14-11-20-17-26(16-18-7-5-4-6-8-18)22(15-23(20)27)19-9-12-21(29-3)13-10-19/h4-14,17,22H,15-16H2,1-3H3/b14-11+. The van der Waals surface area contributed by atoms with Crippen LogP contribution in [0.15, 0.2) is 78.5 Å². The molecule has 1 aliphatic rings. The number of likely N-dealkylation sites (N-methyl/N-ethyl adjacent to an activating group) is 1. The van der Waals surface area contributed by atoms with Gasteiger partial charge >= 0.3 is 0 Å². The maximum atomic E-state index is 12.8. The molecule has 5 nitrogen and oxygen atoms in total. The minimum atomic E-state index is -0.148. The average molecular weight is 390 g/mol. The fourth-order valence-electron chi connectivity index (χ4n) is 3.28. The van der Waals surface area contributed by atoms with Gasteiger partial charge in [-0.15, -0.1) is 0 Å². The lowest BCUT2D eigenvalue weighted by Crippen LogP contribution is -2.31. The Kier molecular flexibility index (Phi) is 6.50. The molecule has 0 N–H and O–H groups in total. The number of carbonyl (C=O) groups is 2. The Balaban J connectivity index is 1.92. The van der Waals surface area contributed by atoms with Crippen molar-refractivity contribution in [1.82, 2.24) is 9.80 Å². The van der Waals surface area contributed by atoms with Crippen molar-refractivity contribution in [2.24, 2.45) is 0 Å². The Morgan fingerprint density at radius 3 is 2.45 bits per heavy atom. The molecule has 1 aliphatic heterocycles. The van der Waals surface area contributed by atoms with E-state index in [-0.39, 0.29) is 17.7 Å². The van der Waals surface area contributed by atoms with Crippen LogP contribution in [-0.4, -0.2) is 42.7 Å². The zero-order valence-electron chi connectivity index (χ0n) is 17.0. The first-order chi connectivity index (χ1) is 14.0. The van der Waals surface area contributed by atoms with Crippen LogP contribution >= 0.6 is 0 Å². The summed E-state index contributed by atoms with van der Waals surface area (Å²) in [7, 11) is 5.01. The van der Waals surface area contributed by atoms with E-state index in [0.717, 1.165) is 16.9 Å². The van der Waals surface area contributed by atoms with Gasteiger partial charge in [-0.1, -0.05) is 42.5 Å². The lowest BCUT2D eigenvalue weighted by Gasteiger charge is -2.35. The van der Waals surface area contributed by atoms with E-state index in [4.69, 9.17) is 4.74 Å². The van der Waals surface area contributed by atoms with Gasteiger partial charge in [0.1, 0.15) is 5.75 Å². The van der Waals surface area contributed by atoms with Crippen molar-refractivity contribution in [3.63, 3.8) is 0 Å².